The van der Waals surface area contributed by atoms with Crippen molar-refractivity contribution in [1.29, 1.82) is 0 Å². The number of carbonyl (C=O) groups is 1. The van der Waals surface area contributed by atoms with E-state index < -0.39 is 10.0 Å². The molecule has 2 saturated heterocycles. The van der Waals surface area contributed by atoms with Crippen molar-refractivity contribution in [3.63, 3.8) is 0 Å². The van der Waals surface area contributed by atoms with Gasteiger partial charge in [-0.2, -0.15) is 4.31 Å². The molecule has 7 nitrogen and oxygen atoms in total. The highest BCUT2D eigenvalue weighted by Crippen LogP contribution is 2.24. The van der Waals surface area contributed by atoms with E-state index in [9.17, 15) is 13.2 Å². The highest BCUT2D eigenvalue weighted by molar-refractivity contribution is 7.89. The standard InChI is InChI=1S/C17H25N3O4S/c1-14(21)18-15-4-6-17(7-5-15)25(22,23)20-8-2-3-16(13-20)19-9-11-24-12-10-19/h4-7,16H,2-3,8-13H2,1H3,(H,18,21). The van der Waals surface area contributed by atoms with Crippen molar-refractivity contribution >= 4 is 21.6 Å². The fraction of sp³-hybridized carbons (Fsp3) is 0.588. The number of amides is 1. The van der Waals surface area contributed by atoms with Crippen LogP contribution in [0.4, 0.5) is 5.69 Å². The average Bonchev–Trinajstić information content (AvgIpc) is 2.62. The first-order valence-corrected chi connectivity index (χ1v) is 10.1. The van der Waals surface area contributed by atoms with Gasteiger partial charge in [-0.3, -0.25) is 9.69 Å². The largest absolute Gasteiger partial charge is 0.379 e. The number of nitrogens with one attached hydrogen (secondary N) is 1. The molecular formula is C17H25N3O4S. The predicted molar refractivity (Wildman–Crippen MR) is 94.9 cm³/mol. The van der Waals surface area contributed by atoms with Crippen molar-refractivity contribution in [2.45, 2.75) is 30.7 Å². The van der Waals surface area contributed by atoms with Crippen LogP contribution in [0, 0.1) is 0 Å². The monoisotopic (exact) mass is 367 g/mol. The summed E-state index contributed by atoms with van der Waals surface area (Å²) < 4.78 is 32.9. The summed E-state index contributed by atoms with van der Waals surface area (Å²) in [6.07, 6.45) is 1.89. The normalized spacial score (nSPS) is 23.3. The molecule has 1 unspecified atom stereocenters. The number of ether oxygens (including phenoxy) is 1. The second-order valence-electron chi connectivity index (χ2n) is 6.51. The molecule has 0 aromatic heterocycles. The first-order valence-electron chi connectivity index (χ1n) is 8.66. The van der Waals surface area contributed by atoms with Gasteiger partial charge in [0.15, 0.2) is 0 Å². The zero-order valence-electron chi connectivity index (χ0n) is 14.5. The summed E-state index contributed by atoms with van der Waals surface area (Å²) in [4.78, 5) is 13.7. The average molecular weight is 367 g/mol. The zero-order valence-corrected chi connectivity index (χ0v) is 15.3. The van der Waals surface area contributed by atoms with Crippen LogP contribution in [0.15, 0.2) is 29.2 Å². The summed E-state index contributed by atoms with van der Waals surface area (Å²) in [5.41, 5.74) is 0.594. The molecule has 0 spiro atoms. The van der Waals surface area contributed by atoms with Crippen molar-refractivity contribution < 1.29 is 17.9 Å². The number of nitrogens with zero attached hydrogens (tertiary/aromatic N) is 2. The minimum absolute atomic E-state index is 0.181. The molecule has 2 aliphatic heterocycles. The number of anilines is 1. The number of carbonyl (C=O) groups excluding carboxylic acids is 1. The van der Waals surface area contributed by atoms with Crippen LogP contribution >= 0.6 is 0 Å². The lowest BCUT2D eigenvalue weighted by Gasteiger charge is -2.40. The fourth-order valence-corrected chi connectivity index (χ4v) is 4.96. The Hall–Kier alpha value is -1.48. The van der Waals surface area contributed by atoms with Gasteiger partial charge in [0.05, 0.1) is 18.1 Å². The Morgan fingerprint density at radius 3 is 2.48 bits per heavy atom. The fourth-order valence-electron chi connectivity index (χ4n) is 3.44. The number of benzene rings is 1. The van der Waals surface area contributed by atoms with Crippen molar-refractivity contribution in [3.8, 4) is 0 Å². The van der Waals surface area contributed by atoms with Gasteiger partial charge in [-0.25, -0.2) is 8.42 Å². The zero-order chi connectivity index (χ0) is 17.9. The van der Waals surface area contributed by atoms with Gasteiger partial charge in [0.1, 0.15) is 0 Å². The third-order valence-corrected chi connectivity index (χ3v) is 6.61. The number of sulfonamides is 1. The van der Waals surface area contributed by atoms with E-state index in [1.807, 2.05) is 0 Å². The van der Waals surface area contributed by atoms with E-state index >= 15 is 0 Å². The molecule has 1 atom stereocenters. The van der Waals surface area contributed by atoms with E-state index in [1.165, 1.54) is 6.92 Å². The van der Waals surface area contributed by atoms with Gasteiger partial charge < -0.3 is 10.1 Å². The molecule has 2 heterocycles. The van der Waals surface area contributed by atoms with Crippen LogP contribution < -0.4 is 5.32 Å². The molecule has 1 aromatic rings. The number of morpholine rings is 1. The summed E-state index contributed by atoms with van der Waals surface area (Å²) in [5.74, 6) is -0.181. The molecule has 1 N–H and O–H groups in total. The van der Waals surface area contributed by atoms with Crippen LogP contribution in [0.5, 0.6) is 0 Å². The first kappa shape index (κ1) is 18.3. The lowest BCUT2D eigenvalue weighted by molar-refractivity contribution is -0.114. The van der Waals surface area contributed by atoms with Gasteiger partial charge >= 0.3 is 0 Å². The van der Waals surface area contributed by atoms with Crippen LogP contribution in [0.3, 0.4) is 0 Å². The third kappa shape index (κ3) is 4.38. The Morgan fingerprint density at radius 1 is 1.16 bits per heavy atom. The van der Waals surface area contributed by atoms with Gasteiger partial charge in [-0.15, -0.1) is 0 Å². The Kier molecular flexibility index (Phi) is 5.73. The molecule has 25 heavy (non-hydrogen) atoms. The number of rotatable bonds is 4. The lowest BCUT2D eigenvalue weighted by Crippen LogP contribution is -2.52. The van der Waals surface area contributed by atoms with Gasteiger partial charge in [-0.1, -0.05) is 0 Å². The van der Waals surface area contributed by atoms with Gasteiger partial charge in [0, 0.05) is 44.8 Å². The lowest BCUT2D eigenvalue weighted by atomic mass is 10.1. The Labute approximate surface area is 149 Å². The van der Waals surface area contributed by atoms with E-state index in [-0.39, 0.29) is 16.8 Å². The summed E-state index contributed by atoms with van der Waals surface area (Å²) >= 11 is 0. The Balaban J connectivity index is 1.71. The van der Waals surface area contributed by atoms with E-state index in [0.717, 1.165) is 25.9 Å². The number of hydrogen-bond acceptors (Lipinski definition) is 5. The van der Waals surface area contributed by atoms with Crippen LogP contribution in [0.25, 0.3) is 0 Å². The summed E-state index contributed by atoms with van der Waals surface area (Å²) in [5, 5.41) is 2.65. The molecule has 8 heteroatoms. The first-order chi connectivity index (χ1) is 12.0. The molecule has 2 fully saturated rings. The molecule has 1 amide bonds. The highest BCUT2D eigenvalue weighted by Gasteiger charge is 2.33. The summed E-state index contributed by atoms with van der Waals surface area (Å²) in [7, 11) is -3.52. The van der Waals surface area contributed by atoms with Crippen LogP contribution in [0.1, 0.15) is 19.8 Å². The number of hydrogen-bond donors (Lipinski definition) is 1. The molecule has 3 rings (SSSR count). The summed E-state index contributed by atoms with van der Waals surface area (Å²) in [6.45, 7) is 5.66. The van der Waals surface area contributed by atoms with E-state index in [1.54, 1.807) is 28.6 Å². The van der Waals surface area contributed by atoms with Crippen LogP contribution in [0.2, 0.25) is 0 Å². The second-order valence-corrected chi connectivity index (χ2v) is 8.45. The maximum absolute atomic E-state index is 12.9. The van der Waals surface area contributed by atoms with E-state index in [2.05, 4.69) is 10.2 Å². The predicted octanol–water partition coefficient (Wildman–Crippen LogP) is 1.13. The minimum atomic E-state index is -3.52. The van der Waals surface area contributed by atoms with Crippen molar-refractivity contribution in [1.82, 2.24) is 9.21 Å². The van der Waals surface area contributed by atoms with Crippen LogP contribution in [-0.4, -0.2) is 69.0 Å². The SMILES string of the molecule is CC(=O)Nc1ccc(S(=O)(=O)N2CCCC(N3CCOCC3)C2)cc1. The van der Waals surface area contributed by atoms with Crippen molar-refractivity contribution in [2.24, 2.45) is 0 Å². The smallest absolute Gasteiger partial charge is 0.243 e. The maximum Gasteiger partial charge on any atom is 0.243 e. The van der Waals surface area contributed by atoms with Gasteiger partial charge in [0.2, 0.25) is 15.9 Å². The molecule has 138 valence electrons. The van der Waals surface area contributed by atoms with Gasteiger partial charge in [0.25, 0.3) is 0 Å². The maximum atomic E-state index is 12.9. The summed E-state index contributed by atoms with van der Waals surface area (Å²) in [6, 6.07) is 6.61. The quantitative estimate of drug-likeness (QED) is 0.863. The molecule has 2 aliphatic rings. The molecule has 0 radical (unpaired) electrons. The Morgan fingerprint density at radius 2 is 1.84 bits per heavy atom. The Bertz CT molecular complexity index is 699. The highest BCUT2D eigenvalue weighted by atomic mass is 32.2. The topological polar surface area (TPSA) is 79.0 Å². The van der Waals surface area contributed by atoms with E-state index in [4.69, 9.17) is 4.74 Å². The molecule has 0 bridgehead atoms. The van der Waals surface area contributed by atoms with Crippen LogP contribution in [-0.2, 0) is 19.6 Å². The van der Waals surface area contributed by atoms with Crippen molar-refractivity contribution in [3.05, 3.63) is 24.3 Å². The van der Waals surface area contributed by atoms with E-state index in [0.29, 0.717) is 32.0 Å². The van der Waals surface area contributed by atoms with Gasteiger partial charge in [-0.05, 0) is 37.1 Å². The second kappa shape index (κ2) is 7.82. The van der Waals surface area contributed by atoms with Crippen molar-refractivity contribution in [2.75, 3.05) is 44.7 Å². The molecule has 0 saturated carbocycles. The number of piperidine rings is 1. The molecular weight excluding hydrogens is 342 g/mol. The third-order valence-electron chi connectivity index (χ3n) is 4.73. The molecule has 1 aromatic carbocycles. The molecule has 0 aliphatic carbocycles. The minimum Gasteiger partial charge on any atom is -0.379 e.